The zero-order valence-corrected chi connectivity index (χ0v) is 12.2. The molecular formula is C17H20O4. The van der Waals surface area contributed by atoms with Crippen molar-refractivity contribution in [1.29, 1.82) is 0 Å². The monoisotopic (exact) mass is 288 g/mol. The number of benzene rings is 2. The van der Waals surface area contributed by atoms with Gasteiger partial charge >= 0.3 is 0 Å². The SMILES string of the molecule is COc1cc(O)c([C@H](CCO)c2ccccc2)c(OC)c1. The fraction of sp³-hybridized carbons (Fsp3) is 0.294. The van der Waals surface area contributed by atoms with Gasteiger partial charge in [-0.25, -0.2) is 0 Å². The first kappa shape index (κ1) is 15.2. The van der Waals surface area contributed by atoms with Gasteiger partial charge in [-0.2, -0.15) is 0 Å². The minimum Gasteiger partial charge on any atom is -0.507 e. The van der Waals surface area contributed by atoms with Crippen LogP contribution in [0.25, 0.3) is 0 Å². The Hall–Kier alpha value is -2.20. The van der Waals surface area contributed by atoms with Crippen LogP contribution in [0.3, 0.4) is 0 Å². The molecule has 0 unspecified atom stereocenters. The lowest BCUT2D eigenvalue weighted by Gasteiger charge is -2.21. The number of hydrogen-bond acceptors (Lipinski definition) is 4. The fourth-order valence-electron chi connectivity index (χ4n) is 2.52. The molecule has 0 aliphatic rings. The van der Waals surface area contributed by atoms with Crippen LogP contribution in [0.1, 0.15) is 23.5 Å². The Morgan fingerprint density at radius 1 is 1.05 bits per heavy atom. The second kappa shape index (κ2) is 6.99. The molecule has 2 aromatic rings. The van der Waals surface area contributed by atoms with E-state index in [1.54, 1.807) is 19.2 Å². The predicted molar refractivity (Wildman–Crippen MR) is 81.2 cm³/mol. The van der Waals surface area contributed by atoms with Gasteiger partial charge in [-0.3, -0.25) is 0 Å². The van der Waals surface area contributed by atoms with Crippen molar-refractivity contribution in [2.24, 2.45) is 0 Å². The van der Waals surface area contributed by atoms with E-state index in [0.29, 0.717) is 23.5 Å². The van der Waals surface area contributed by atoms with Crippen LogP contribution in [0.2, 0.25) is 0 Å². The maximum Gasteiger partial charge on any atom is 0.130 e. The maximum absolute atomic E-state index is 10.4. The first-order chi connectivity index (χ1) is 10.2. The summed E-state index contributed by atoms with van der Waals surface area (Å²) in [5, 5.41) is 19.7. The normalized spacial score (nSPS) is 12.0. The minimum atomic E-state index is -0.142. The van der Waals surface area contributed by atoms with Crippen molar-refractivity contribution in [3.8, 4) is 17.2 Å². The largest absolute Gasteiger partial charge is 0.507 e. The summed E-state index contributed by atoms with van der Waals surface area (Å²) in [6, 6.07) is 13.1. The summed E-state index contributed by atoms with van der Waals surface area (Å²) >= 11 is 0. The van der Waals surface area contributed by atoms with Gasteiger partial charge in [-0.15, -0.1) is 0 Å². The number of aromatic hydroxyl groups is 1. The van der Waals surface area contributed by atoms with Crippen LogP contribution < -0.4 is 9.47 Å². The lowest BCUT2D eigenvalue weighted by atomic mass is 9.87. The van der Waals surface area contributed by atoms with E-state index < -0.39 is 0 Å². The van der Waals surface area contributed by atoms with Gasteiger partial charge in [0, 0.05) is 30.2 Å². The van der Waals surface area contributed by atoms with Gasteiger partial charge in [0.05, 0.1) is 14.2 Å². The summed E-state index contributed by atoms with van der Waals surface area (Å²) in [5.41, 5.74) is 1.68. The van der Waals surface area contributed by atoms with Gasteiger partial charge in [0.1, 0.15) is 17.2 Å². The quantitative estimate of drug-likeness (QED) is 0.858. The Labute approximate surface area is 124 Å². The third-order valence-electron chi connectivity index (χ3n) is 3.52. The van der Waals surface area contributed by atoms with Crippen molar-refractivity contribution in [2.75, 3.05) is 20.8 Å². The van der Waals surface area contributed by atoms with Crippen molar-refractivity contribution < 1.29 is 19.7 Å². The molecule has 0 aliphatic heterocycles. The molecule has 0 heterocycles. The number of aliphatic hydroxyl groups excluding tert-OH is 1. The van der Waals surface area contributed by atoms with Crippen LogP contribution in [0.15, 0.2) is 42.5 Å². The summed E-state index contributed by atoms with van der Waals surface area (Å²) in [4.78, 5) is 0. The summed E-state index contributed by atoms with van der Waals surface area (Å²) < 4.78 is 10.5. The molecule has 2 N–H and O–H groups in total. The Kier molecular flexibility index (Phi) is 5.06. The van der Waals surface area contributed by atoms with E-state index in [9.17, 15) is 10.2 Å². The number of rotatable bonds is 6. The molecule has 0 radical (unpaired) electrons. The molecule has 1 atom stereocenters. The molecule has 4 nitrogen and oxygen atoms in total. The zero-order valence-electron chi connectivity index (χ0n) is 12.2. The highest BCUT2D eigenvalue weighted by atomic mass is 16.5. The molecule has 0 saturated heterocycles. The first-order valence-corrected chi connectivity index (χ1v) is 6.82. The smallest absolute Gasteiger partial charge is 0.130 e. The summed E-state index contributed by atoms with van der Waals surface area (Å²) in [7, 11) is 3.09. The molecule has 0 spiro atoms. The van der Waals surface area contributed by atoms with E-state index in [4.69, 9.17) is 9.47 Å². The topological polar surface area (TPSA) is 58.9 Å². The second-order valence-electron chi connectivity index (χ2n) is 4.74. The molecule has 112 valence electrons. The number of methoxy groups -OCH3 is 2. The predicted octanol–water partition coefficient (Wildman–Crippen LogP) is 2.92. The molecule has 0 aliphatic carbocycles. The lowest BCUT2D eigenvalue weighted by molar-refractivity contribution is 0.279. The minimum absolute atomic E-state index is 0.0220. The van der Waals surface area contributed by atoms with Crippen LogP contribution in [0, 0.1) is 0 Å². The number of phenolic OH excluding ortho intramolecular Hbond substituents is 1. The third kappa shape index (κ3) is 3.28. The van der Waals surface area contributed by atoms with Crippen molar-refractivity contribution >= 4 is 0 Å². The van der Waals surface area contributed by atoms with Crippen LogP contribution in [-0.4, -0.2) is 31.0 Å². The van der Waals surface area contributed by atoms with E-state index in [2.05, 4.69) is 0 Å². The summed E-state index contributed by atoms with van der Waals surface area (Å²) in [6.45, 7) is 0.0220. The molecule has 0 amide bonds. The molecule has 0 bridgehead atoms. The van der Waals surface area contributed by atoms with Crippen LogP contribution in [0.5, 0.6) is 17.2 Å². The number of hydrogen-bond donors (Lipinski definition) is 2. The Morgan fingerprint density at radius 2 is 1.76 bits per heavy atom. The van der Waals surface area contributed by atoms with Gasteiger partial charge in [0.2, 0.25) is 0 Å². The van der Waals surface area contributed by atoms with E-state index in [-0.39, 0.29) is 18.3 Å². The summed E-state index contributed by atoms with van der Waals surface area (Å²) in [5.74, 6) is 1.05. The maximum atomic E-state index is 10.4. The van der Waals surface area contributed by atoms with Gasteiger partial charge < -0.3 is 19.7 Å². The number of phenols is 1. The number of aliphatic hydroxyl groups is 1. The highest BCUT2D eigenvalue weighted by molar-refractivity contribution is 5.54. The van der Waals surface area contributed by atoms with Crippen molar-refractivity contribution in [3.05, 3.63) is 53.6 Å². The lowest BCUT2D eigenvalue weighted by Crippen LogP contribution is -2.06. The first-order valence-electron chi connectivity index (χ1n) is 6.82. The molecule has 0 saturated carbocycles. The average molecular weight is 288 g/mol. The highest BCUT2D eigenvalue weighted by Crippen LogP contribution is 2.42. The molecule has 2 rings (SSSR count). The molecule has 0 aromatic heterocycles. The van der Waals surface area contributed by atoms with E-state index in [0.717, 1.165) is 5.56 Å². The average Bonchev–Trinajstić information content (AvgIpc) is 2.53. The molecule has 0 fully saturated rings. The molecular weight excluding hydrogens is 268 g/mol. The van der Waals surface area contributed by atoms with Gasteiger partial charge in [-0.1, -0.05) is 30.3 Å². The van der Waals surface area contributed by atoms with Crippen LogP contribution >= 0.6 is 0 Å². The van der Waals surface area contributed by atoms with Crippen LogP contribution in [0.4, 0.5) is 0 Å². The zero-order chi connectivity index (χ0) is 15.2. The van der Waals surface area contributed by atoms with Crippen molar-refractivity contribution in [3.63, 3.8) is 0 Å². The van der Waals surface area contributed by atoms with Gasteiger partial charge in [-0.05, 0) is 12.0 Å². The summed E-state index contributed by atoms with van der Waals surface area (Å²) in [6.07, 6.45) is 0.500. The van der Waals surface area contributed by atoms with E-state index in [1.807, 2.05) is 30.3 Å². The Morgan fingerprint density at radius 3 is 2.33 bits per heavy atom. The van der Waals surface area contributed by atoms with E-state index >= 15 is 0 Å². The van der Waals surface area contributed by atoms with Crippen LogP contribution in [-0.2, 0) is 0 Å². The van der Waals surface area contributed by atoms with Crippen molar-refractivity contribution in [2.45, 2.75) is 12.3 Å². The second-order valence-corrected chi connectivity index (χ2v) is 4.74. The Balaban J connectivity index is 2.55. The molecule has 21 heavy (non-hydrogen) atoms. The third-order valence-corrected chi connectivity index (χ3v) is 3.52. The van der Waals surface area contributed by atoms with Gasteiger partial charge in [0.25, 0.3) is 0 Å². The number of ether oxygens (including phenoxy) is 2. The standard InChI is InChI=1S/C17H20O4/c1-20-13-10-15(19)17(16(11-13)21-2)14(8-9-18)12-6-4-3-5-7-12/h3-7,10-11,14,18-19H,8-9H2,1-2H3/t14-/m1/s1. The molecule has 2 aromatic carbocycles. The highest BCUT2D eigenvalue weighted by Gasteiger charge is 2.22. The van der Waals surface area contributed by atoms with Crippen molar-refractivity contribution in [1.82, 2.24) is 0 Å². The molecule has 4 heteroatoms. The van der Waals surface area contributed by atoms with E-state index in [1.165, 1.54) is 7.11 Å². The van der Waals surface area contributed by atoms with Gasteiger partial charge in [0.15, 0.2) is 0 Å². The Bertz CT molecular complexity index is 581. The fourth-order valence-corrected chi connectivity index (χ4v) is 2.52.